The molecule has 1 atom stereocenters. The van der Waals surface area contributed by atoms with Crippen LogP contribution in [0.5, 0.6) is 5.75 Å². The molecule has 1 unspecified atom stereocenters. The van der Waals surface area contributed by atoms with Gasteiger partial charge >= 0.3 is 0 Å². The van der Waals surface area contributed by atoms with Crippen molar-refractivity contribution in [3.05, 3.63) is 65.5 Å². The highest BCUT2D eigenvalue weighted by Crippen LogP contribution is 2.23. The average molecular weight is 374 g/mol. The van der Waals surface area contributed by atoms with E-state index in [1.54, 1.807) is 18.3 Å². The van der Waals surface area contributed by atoms with Crippen LogP contribution >= 0.6 is 11.6 Å². The van der Waals surface area contributed by atoms with Gasteiger partial charge in [0.2, 0.25) is 0 Å². The number of aromatic nitrogens is 2. The lowest BCUT2D eigenvalue weighted by molar-refractivity contribution is 0.171. The molecule has 0 bridgehead atoms. The standard InChI is InChI=1S/C19H20ClN3O3/c1-13-19(23-12-26-13)14-2-5-16(6-3-14)25-9-8-21-11-17(24)15-4-7-18(20)22-10-15/h2-7,10,12,17,21,24H,8-9,11H2,1H3. The summed E-state index contributed by atoms with van der Waals surface area (Å²) in [4.78, 5) is 8.15. The van der Waals surface area contributed by atoms with Gasteiger partial charge in [-0.3, -0.25) is 0 Å². The van der Waals surface area contributed by atoms with Gasteiger partial charge in [0.05, 0.1) is 6.10 Å². The number of aliphatic hydroxyl groups excluding tert-OH is 1. The second kappa shape index (κ2) is 8.80. The summed E-state index contributed by atoms with van der Waals surface area (Å²) in [6.07, 6.45) is 2.38. The molecule has 2 aromatic heterocycles. The van der Waals surface area contributed by atoms with E-state index in [1.165, 1.54) is 6.39 Å². The van der Waals surface area contributed by atoms with Crippen molar-refractivity contribution in [3.63, 3.8) is 0 Å². The maximum Gasteiger partial charge on any atom is 0.181 e. The molecule has 0 saturated heterocycles. The molecule has 0 spiro atoms. The molecule has 3 aromatic rings. The van der Waals surface area contributed by atoms with Crippen molar-refractivity contribution in [1.82, 2.24) is 15.3 Å². The van der Waals surface area contributed by atoms with Crippen LogP contribution in [-0.4, -0.2) is 34.8 Å². The van der Waals surface area contributed by atoms with E-state index in [1.807, 2.05) is 31.2 Å². The van der Waals surface area contributed by atoms with Gasteiger partial charge in [-0.1, -0.05) is 17.7 Å². The van der Waals surface area contributed by atoms with Crippen LogP contribution in [0.2, 0.25) is 5.15 Å². The zero-order valence-electron chi connectivity index (χ0n) is 14.4. The number of halogens is 1. The number of hydrogen-bond donors (Lipinski definition) is 2. The van der Waals surface area contributed by atoms with E-state index in [0.717, 1.165) is 28.3 Å². The number of nitrogens with zero attached hydrogens (tertiary/aromatic N) is 2. The second-order valence-corrected chi connectivity index (χ2v) is 6.15. The first-order valence-electron chi connectivity index (χ1n) is 8.27. The topological polar surface area (TPSA) is 80.4 Å². The van der Waals surface area contributed by atoms with Crippen molar-refractivity contribution in [2.75, 3.05) is 19.7 Å². The van der Waals surface area contributed by atoms with E-state index in [9.17, 15) is 5.11 Å². The van der Waals surface area contributed by atoms with Crippen LogP contribution in [0.4, 0.5) is 0 Å². The van der Waals surface area contributed by atoms with Crippen LogP contribution in [0, 0.1) is 6.92 Å². The number of oxazole rings is 1. The number of benzene rings is 1. The minimum Gasteiger partial charge on any atom is -0.492 e. The lowest BCUT2D eigenvalue weighted by Crippen LogP contribution is -2.26. The third-order valence-corrected chi connectivity index (χ3v) is 4.12. The lowest BCUT2D eigenvalue weighted by atomic mass is 10.1. The molecule has 26 heavy (non-hydrogen) atoms. The average Bonchev–Trinajstić information content (AvgIpc) is 3.08. The molecule has 0 saturated carbocycles. The Morgan fingerprint density at radius 3 is 2.65 bits per heavy atom. The molecule has 0 aliphatic heterocycles. The Balaban J connectivity index is 1.40. The van der Waals surface area contributed by atoms with Gasteiger partial charge in [-0.15, -0.1) is 0 Å². The number of nitrogens with one attached hydrogen (secondary N) is 1. The molecule has 7 heteroatoms. The molecule has 0 amide bonds. The molecule has 6 nitrogen and oxygen atoms in total. The summed E-state index contributed by atoms with van der Waals surface area (Å²) in [5.41, 5.74) is 2.55. The van der Waals surface area contributed by atoms with E-state index in [4.69, 9.17) is 20.8 Å². The fourth-order valence-corrected chi connectivity index (χ4v) is 2.59. The van der Waals surface area contributed by atoms with Gasteiger partial charge in [-0.05, 0) is 37.3 Å². The highest BCUT2D eigenvalue weighted by atomic mass is 35.5. The first-order valence-corrected chi connectivity index (χ1v) is 8.65. The quantitative estimate of drug-likeness (QED) is 0.465. The van der Waals surface area contributed by atoms with Crippen LogP contribution in [0.1, 0.15) is 17.4 Å². The Hall–Kier alpha value is -2.41. The Morgan fingerprint density at radius 2 is 2.00 bits per heavy atom. The summed E-state index contributed by atoms with van der Waals surface area (Å²) in [7, 11) is 0. The molecule has 2 heterocycles. The number of aryl methyl sites for hydroxylation is 1. The predicted octanol–water partition coefficient (Wildman–Crippen LogP) is 3.40. The highest BCUT2D eigenvalue weighted by molar-refractivity contribution is 6.29. The minimum absolute atomic E-state index is 0.409. The molecule has 0 radical (unpaired) electrons. The van der Waals surface area contributed by atoms with E-state index in [-0.39, 0.29) is 0 Å². The fourth-order valence-electron chi connectivity index (χ4n) is 2.47. The van der Waals surface area contributed by atoms with Crippen LogP contribution in [0.3, 0.4) is 0 Å². The maximum atomic E-state index is 10.1. The Kier molecular flexibility index (Phi) is 6.22. The van der Waals surface area contributed by atoms with E-state index >= 15 is 0 Å². The molecule has 136 valence electrons. The zero-order valence-corrected chi connectivity index (χ0v) is 15.1. The molecular weight excluding hydrogens is 354 g/mol. The van der Waals surface area contributed by atoms with Crippen LogP contribution in [-0.2, 0) is 0 Å². The molecule has 0 aliphatic rings. The third kappa shape index (κ3) is 4.82. The van der Waals surface area contributed by atoms with E-state index in [0.29, 0.717) is 24.8 Å². The van der Waals surface area contributed by atoms with Crippen molar-refractivity contribution in [2.24, 2.45) is 0 Å². The van der Waals surface area contributed by atoms with Crippen LogP contribution < -0.4 is 10.1 Å². The Labute approximate surface area is 156 Å². The van der Waals surface area contributed by atoms with Crippen molar-refractivity contribution in [2.45, 2.75) is 13.0 Å². The maximum absolute atomic E-state index is 10.1. The summed E-state index contributed by atoms with van der Waals surface area (Å²) in [6.45, 7) is 3.40. The van der Waals surface area contributed by atoms with Gasteiger partial charge in [-0.25, -0.2) is 9.97 Å². The molecule has 0 fully saturated rings. The van der Waals surface area contributed by atoms with Gasteiger partial charge < -0.3 is 19.6 Å². The summed E-state index contributed by atoms with van der Waals surface area (Å²) in [5, 5.41) is 13.6. The number of pyridine rings is 1. The highest BCUT2D eigenvalue weighted by Gasteiger charge is 2.08. The molecular formula is C19H20ClN3O3. The fraction of sp³-hybridized carbons (Fsp3) is 0.263. The van der Waals surface area contributed by atoms with Gasteiger partial charge in [0.15, 0.2) is 6.39 Å². The number of hydrogen-bond acceptors (Lipinski definition) is 6. The van der Waals surface area contributed by atoms with Gasteiger partial charge in [0.1, 0.15) is 29.0 Å². The lowest BCUT2D eigenvalue weighted by Gasteiger charge is -2.12. The minimum atomic E-state index is -0.634. The smallest absolute Gasteiger partial charge is 0.181 e. The molecule has 0 aliphatic carbocycles. The normalized spacial score (nSPS) is 12.1. The van der Waals surface area contributed by atoms with E-state index < -0.39 is 6.10 Å². The Morgan fingerprint density at radius 1 is 1.19 bits per heavy atom. The predicted molar refractivity (Wildman–Crippen MR) is 99.2 cm³/mol. The van der Waals surface area contributed by atoms with Crippen molar-refractivity contribution >= 4 is 11.6 Å². The summed E-state index contributed by atoms with van der Waals surface area (Å²) in [5.74, 6) is 1.57. The zero-order chi connectivity index (χ0) is 18.4. The second-order valence-electron chi connectivity index (χ2n) is 5.76. The van der Waals surface area contributed by atoms with E-state index in [2.05, 4.69) is 15.3 Å². The van der Waals surface area contributed by atoms with Crippen molar-refractivity contribution < 1.29 is 14.3 Å². The van der Waals surface area contributed by atoms with Crippen molar-refractivity contribution in [3.8, 4) is 17.0 Å². The summed E-state index contributed by atoms with van der Waals surface area (Å²) >= 11 is 5.73. The van der Waals surface area contributed by atoms with Crippen molar-refractivity contribution in [1.29, 1.82) is 0 Å². The Bertz CT molecular complexity index is 819. The van der Waals surface area contributed by atoms with Gasteiger partial charge in [-0.2, -0.15) is 0 Å². The first-order chi connectivity index (χ1) is 12.6. The SMILES string of the molecule is Cc1ocnc1-c1ccc(OCCNCC(O)c2ccc(Cl)nc2)cc1. The molecule has 1 aromatic carbocycles. The van der Waals surface area contributed by atoms with Crippen LogP contribution in [0.25, 0.3) is 11.3 Å². The number of ether oxygens (including phenoxy) is 1. The number of aliphatic hydroxyl groups is 1. The number of rotatable bonds is 8. The first kappa shape index (κ1) is 18.4. The molecule has 3 rings (SSSR count). The van der Waals surface area contributed by atoms with Gasteiger partial charge in [0.25, 0.3) is 0 Å². The summed E-state index contributed by atoms with van der Waals surface area (Å²) < 4.78 is 10.9. The summed E-state index contributed by atoms with van der Waals surface area (Å²) in [6, 6.07) is 11.1. The van der Waals surface area contributed by atoms with Crippen LogP contribution in [0.15, 0.2) is 53.4 Å². The largest absolute Gasteiger partial charge is 0.492 e. The van der Waals surface area contributed by atoms with Gasteiger partial charge in [0, 0.05) is 30.4 Å². The monoisotopic (exact) mass is 373 g/mol. The molecule has 2 N–H and O–H groups in total. The third-order valence-electron chi connectivity index (χ3n) is 3.89.